The first-order valence-corrected chi connectivity index (χ1v) is 6.58. The third-order valence-electron chi connectivity index (χ3n) is 3.12. The zero-order valence-electron chi connectivity index (χ0n) is 11.5. The summed E-state index contributed by atoms with van der Waals surface area (Å²) in [5.74, 6) is -0.390. The van der Waals surface area contributed by atoms with Gasteiger partial charge in [-0.2, -0.15) is 0 Å². The van der Waals surface area contributed by atoms with Crippen molar-refractivity contribution >= 4 is 22.7 Å². The van der Waals surface area contributed by atoms with Crippen molar-refractivity contribution in [1.29, 1.82) is 0 Å². The van der Waals surface area contributed by atoms with E-state index in [-0.39, 0.29) is 5.97 Å². The number of rotatable bonds is 3. The summed E-state index contributed by atoms with van der Waals surface area (Å²) in [6.07, 6.45) is 0. The van der Waals surface area contributed by atoms with Crippen molar-refractivity contribution in [2.45, 2.75) is 6.92 Å². The molecule has 2 N–H and O–H groups in total. The Morgan fingerprint density at radius 1 is 1.29 bits per heavy atom. The number of fused-ring (bicyclic) bond motifs is 1. The Bertz CT molecular complexity index is 810. The van der Waals surface area contributed by atoms with E-state index in [1.807, 2.05) is 24.3 Å². The average Bonchev–Trinajstić information content (AvgIpc) is 2.91. The van der Waals surface area contributed by atoms with Gasteiger partial charge in [-0.1, -0.05) is 17.3 Å². The molecule has 3 rings (SSSR count). The maximum absolute atomic E-state index is 11.7. The van der Waals surface area contributed by atoms with Crippen LogP contribution in [0.2, 0.25) is 0 Å². The summed E-state index contributed by atoms with van der Waals surface area (Å²) in [7, 11) is 0. The van der Waals surface area contributed by atoms with E-state index in [4.69, 9.17) is 10.5 Å². The molecule has 2 aromatic carbocycles. The highest BCUT2D eigenvalue weighted by Crippen LogP contribution is 2.22. The van der Waals surface area contributed by atoms with E-state index >= 15 is 0 Å². The summed E-state index contributed by atoms with van der Waals surface area (Å²) < 4.78 is 6.61. The second-order valence-corrected chi connectivity index (χ2v) is 4.48. The first-order valence-electron chi connectivity index (χ1n) is 6.58. The van der Waals surface area contributed by atoms with Gasteiger partial charge in [0.15, 0.2) is 0 Å². The van der Waals surface area contributed by atoms with E-state index in [2.05, 4.69) is 10.3 Å². The number of nitrogen functional groups attached to an aromatic ring is 1. The molecule has 3 aromatic rings. The van der Waals surface area contributed by atoms with Crippen molar-refractivity contribution in [2.24, 2.45) is 0 Å². The highest BCUT2D eigenvalue weighted by molar-refractivity contribution is 5.91. The minimum absolute atomic E-state index is 0.328. The van der Waals surface area contributed by atoms with Crippen molar-refractivity contribution < 1.29 is 9.53 Å². The zero-order chi connectivity index (χ0) is 14.8. The standard InChI is InChI=1S/C15H14N4O2/c1-2-21-15(20)10-7-8-13(11(16)9-10)19-14-6-4-3-5-12(14)17-18-19/h3-9H,2,16H2,1H3. The van der Waals surface area contributed by atoms with E-state index in [0.717, 1.165) is 11.0 Å². The Morgan fingerprint density at radius 3 is 2.86 bits per heavy atom. The molecule has 0 fully saturated rings. The van der Waals surface area contributed by atoms with Gasteiger partial charge >= 0.3 is 5.97 Å². The average molecular weight is 282 g/mol. The molecular formula is C15H14N4O2. The lowest BCUT2D eigenvalue weighted by Gasteiger charge is -2.08. The van der Waals surface area contributed by atoms with Crippen molar-refractivity contribution in [3.8, 4) is 5.69 Å². The van der Waals surface area contributed by atoms with Crippen LogP contribution in [0.15, 0.2) is 42.5 Å². The molecule has 0 aliphatic carbocycles. The van der Waals surface area contributed by atoms with Gasteiger partial charge in [-0.3, -0.25) is 0 Å². The van der Waals surface area contributed by atoms with Crippen molar-refractivity contribution in [2.75, 3.05) is 12.3 Å². The molecule has 0 saturated carbocycles. The fourth-order valence-electron chi connectivity index (χ4n) is 2.14. The quantitative estimate of drug-likeness (QED) is 0.588. The van der Waals surface area contributed by atoms with Gasteiger partial charge in [-0.25, -0.2) is 9.48 Å². The lowest BCUT2D eigenvalue weighted by atomic mass is 10.1. The fraction of sp³-hybridized carbons (Fsp3) is 0.133. The first-order chi connectivity index (χ1) is 10.2. The van der Waals surface area contributed by atoms with Crippen LogP contribution in [-0.2, 0) is 4.74 Å². The smallest absolute Gasteiger partial charge is 0.338 e. The van der Waals surface area contributed by atoms with Gasteiger partial charge in [0.25, 0.3) is 0 Å². The SMILES string of the molecule is CCOC(=O)c1ccc(-n2nnc3ccccc32)c(N)c1. The molecule has 0 amide bonds. The van der Waals surface area contributed by atoms with Crippen molar-refractivity contribution in [3.63, 3.8) is 0 Å². The molecule has 0 radical (unpaired) electrons. The molecule has 0 spiro atoms. The van der Waals surface area contributed by atoms with Crippen LogP contribution >= 0.6 is 0 Å². The number of benzene rings is 2. The molecule has 0 aliphatic rings. The number of hydrogen-bond donors (Lipinski definition) is 1. The topological polar surface area (TPSA) is 83.0 Å². The van der Waals surface area contributed by atoms with Gasteiger partial charge in [0.1, 0.15) is 5.52 Å². The van der Waals surface area contributed by atoms with Crippen LogP contribution in [-0.4, -0.2) is 27.6 Å². The molecule has 6 nitrogen and oxygen atoms in total. The minimum Gasteiger partial charge on any atom is -0.462 e. The Hall–Kier alpha value is -2.89. The Labute approximate surface area is 121 Å². The van der Waals surface area contributed by atoms with Gasteiger partial charge in [-0.05, 0) is 37.3 Å². The maximum atomic E-state index is 11.7. The Morgan fingerprint density at radius 2 is 2.10 bits per heavy atom. The van der Waals surface area contributed by atoms with E-state index in [9.17, 15) is 4.79 Å². The molecule has 0 atom stereocenters. The molecule has 0 saturated heterocycles. The van der Waals surface area contributed by atoms with Gasteiger partial charge in [-0.15, -0.1) is 5.10 Å². The molecule has 0 bridgehead atoms. The maximum Gasteiger partial charge on any atom is 0.338 e. The number of nitrogens with zero attached hydrogens (tertiary/aromatic N) is 3. The zero-order valence-corrected chi connectivity index (χ0v) is 11.5. The molecule has 106 valence electrons. The summed E-state index contributed by atoms with van der Waals surface area (Å²) in [5, 5.41) is 8.20. The van der Waals surface area contributed by atoms with Crippen molar-refractivity contribution in [3.05, 3.63) is 48.0 Å². The third-order valence-corrected chi connectivity index (χ3v) is 3.12. The molecule has 1 heterocycles. The highest BCUT2D eigenvalue weighted by Gasteiger charge is 2.12. The largest absolute Gasteiger partial charge is 0.462 e. The number of anilines is 1. The summed E-state index contributed by atoms with van der Waals surface area (Å²) in [4.78, 5) is 11.7. The number of para-hydroxylation sites is 1. The number of hydrogen-bond acceptors (Lipinski definition) is 5. The van der Waals surface area contributed by atoms with E-state index in [1.165, 1.54) is 0 Å². The van der Waals surface area contributed by atoms with E-state index < -0.39 is 0 Å². The number of nitrogens with two attached hydrogens (primary N) is 1. The predicted octanol–water partition coefficient (Wildman–Crippen LogP) is 2.18. The summed E-state index contributed by atoms with van der Waals surface area (Å²) in [6, 6.07) is 12.6. The summed E-state index contributed by atoms with van der Waals surface area (Å²) in [6.45, 7) is 2.09. The number of ether oxygens (including phenoxy) is 1. The van der Waals surface area contributed by atoms with Crippen LogP contribution in [0, 0.1) is 0 Å². The molecule has 1 aromatic heterocycles. The molecule has 0 aliphatic heterocycles. The molecule has 0 unspecified atom stereocenters. The first kappa shape index (κ1) is 13.1. The van der Waals surface area contributed by atoms with Gasteiger partial charge in [0.2, 0.25) is 0 Å². The number of carbonyl (C=O) groups excluding carboxylic acids is 1. The number of aromatic nitrogens is 3. The second-order valence-electron chi connectivity index (χ2n) is 4.48. The van der Waals surface area contributed by atoms with E-state index in [1.54, 1.807) is 29.8 Å². The Kier molecular flexibility index (Phi) is 3.27. The lowest BCUT2D eigenvalue weighted by molar-refractivity contribution is 0.0526. The lowest BCUT2D eigenvalue weighted by Crippen LogP contribution is -2.07. The number of esters is 1. The second kappa shape index (κ2) is 5.24. The van der Waals surface area contributed by atoms with Gasteiger partial charge in [0, 0.05) is 0 Å². The van der Waals surface area contributed by atoms with Crippen molar-refractivity contribution in [1.82, 2.24) is 15.0 Å². The summed E-state index contributed by atoms with van der Waals surface area (Å²) in [5.41, 5.74) is 9.22. The minimum atomic E-state index is -0.390. The third kappa shape index (κ3) is 2.31. The van der Waals surface area contributed by atoms with Gasteiger partial charge < -0.3 is 10.5 Å². The van der Waals surface area contributed by atoms with Gasteiger partial charge in [0.05, 0.1) is 29.1 Å². The normalized spacial score (nSPS) is 10.7. The van der Waals surface area contributed by atoms with Crippen LogP contribution in [0.3, 0.4) is 0 Å². The van der Waals surface area contributed by atoms with Crippen LogP contribution in [0.4, 0.5) is 5.69 Å². The predicted molar refractivity (Wildman–Crippen MR) is 79.2 cm³/mol. The fourth-order valence-corrected chi connectivity index (χ4v) is 2.14. The van der Waals surface area contributed by atoms with Crippen LogP contribution in [0.5, 0.6) is 0 Å². The number of carbonyl (C=O) groups is 1. The molecular weight excluding hydrogens is 268 g/mol. The monoisotopic (exact) mass is 282 g/mol. The summed E-state index contributed by atoms with van der Waals surface area (Å²) >= 11 is 0. The molecule has 21 heavy (non-hydrogen) atoms. The van der Waals surface area contributed by atoms with Crippen LogP contribution in [0.1, 0.15) is 17.3 Å². The van der Waals surface area contributed by atoms with E-state index in [0.29, 0.717) is 23.5 Å². The van der Waals surface area contributed by atoms with Crippen LogP contribution in [0.25, 0.3) is 16.7 Å². The Balaban J connectivity index is 2.05. The van der Waals surface area contributed by atoms with Crippen LogP contribution < -0.4 is 5.73 Å². The highest BCUT2D eigenvalue weighted by atomic mass is 16.5. The molecule has 6 heteroatoms.